The Morgan fingerprint density at radius 2 is 0.953 bits per heavy atom. The monoisotopic (exact) mass is 594 g/mol. The quantitative estimate of drug-likeness (QED) is 0.0850. The number of aromatic carboxylic acids is 2. The fourth-order valence-corrected chi connectivity index (χ4v) is 5.63. The number of anilines is 4. The van der Waals surface area contributed by atoms with Gasteiger partial charge in [-0.1, -0.05) is 66.7 Å². The van der Waals surface area contributed by atoms with Gasteiger partial charge in [-0.25, -0.2) is 9.59 Å². The lowest BCUT2D eigenvalue weighted by molar-refractivity contribution is 0.0687. The zero-order valence-corrected chi connectivity index (χ0v) is 23.3. The summed E-state index contributed by atoms with van der Waals surface area (Å²) in [5.74, 6) is -2.74. The zero-order valence-electron chi connectivity index (χ0n) is 22.5. The lowest BCUT2D eigenvalue weighted by Crippen LogP contribution is -2.10. The highest BCUT2D eigenvalue weighted by Gasteiger charge is 2.25. The molecule has 5 aromatic rings. The zero-order chi connectivity index (χ0) is 30.6. The first kappa shape index (κ1) is 29.1. The van der Waals surface area contributed by atoms with Crippen LogP contribution in [0.15, 0.2) is 126 Å². The van der Waals surface area contributed by atoms with Gasteiger partial charge in [0.25, 0.3) is 10.1 Å². The van der Waals surface area contributed by atoms with Gasteiger partial charge in [0.2, 0.25) is 0 Å². The molecule has 43 heavy (non-hydrogen) atoms. The summed E-state index contributed by atoms with van der Waals surface area (Å²) in [5, 5.41) is 25.2. The third-order valence-corrected chi connectivity index (χ3v) is 7.80. The molecule has 10 heteroatoms. The van der Waals surface area contributed by atoms with Crippen LogP contribution in [-0.4, -0.2) is 35.1 Å². The maximum absolute atomic E-state index is 12.3. The van der Waals surface area contributed by atoms with Crippen molar-refractivity contribution in [3.05, 3.63) is 149 Å². The number of hydrogen-bond donors (Lipinski definition) is 5. The van der Waals surface area contributed by atoms with Crippen LogP contribution in [0.5, 0.6) is 0 Å². The van der Waals surface area contributed by atoms with Crippen LogP contribution in [0.25, 0.3) is 0 Å². The molecule has 5 rings (SSSR count). The number of carboxylic acid groups (broad SMARTS) is 2. The summed E-state index contributed by atoms with van der Waals surface area (Å²) in [5.41, 5.74) is 4.10. The van der Waals surface area contributed by atoms with E-state index in [9.17, 15) is 32.8 Å². The Morgan fingerprint density at radius 1 is 0.558 bits per heavy atom. The summed E-state index contributed by atoms with van der Waals surface area (Å²) in [6, 6.07) is 33.5. The number of benzene rings is 5. The lowest BCUT2D eigenvalue weighted by Gasteiger charge is -2.22. The molecule has 0 amide bonds. The minimum absolute atomic E-state index is 0.117. The molecule has 0 bridgehead atoms. The van der Waals surface area contributed by atoms with E-state index in [0.29, 0.717) is 39.4 Å². The van der Waals surface area contributed by atoms with E-state index in [1.807, 2.05) is 0 Å². The molecule has 5 N–H and O–H groups in total. The normalized spacial score (nSPS) is 11.2. The van der Waals surface area contributed by atoms with E-state index in [1.165, 1.54) is 24.3 Å². The Kier molecular flexibility index (Phi) is 8.24. The Labute approximate surface area is 247 Å². The summed E-state index contributed by atoms with van der Waals surface area (Å²) in [6.07, 6.45) is 0. The average molecular weight is 595 g/mol. The topological polar surface area (TPSA) is 153 Å². The lowest BCUT2D eigenvalue weighted by atomic mass is 9.85. The van der Waals surface area contributed by atoms with E-state index >= 15 is 0 Å². The van der Waals surface area contributed by atoms with Crippen molar-refractivity contribution in [3.8, 4) is 0 Å². The fourth-order valence-electron chi connectivity index (χ4n) is 4.89. The molecular formula is C33H26N2O7S. The van der Waals surface area contributed by atoms with Gasteiger partial charge in [0, 0.05) is 17.3 Å². The maximum Gasteiger partial charge on any atom is 0.337 e. The van der Waals surface area contributed by atoms with Gasteiger partial charge < -0.3 is 20.8 Å². The van der Waals surface area contributed by atoms with Gasteiger partial charge in [-0.3, -0.25) is 4.55 Å². The second-order valence-corrected chi connectivity index (χ2v) is 11.0. The van der Waals surface area contributed by atoms with Gasteiger partial charge >= 0.3 is 11.9 Å². The highest BCUT2D eigenvalue weighted by Crippen LogP contribution is 2.37. The second-order valence-electron chi connectivity index (χ2n) is 9.64. The van der Waals surface area contributed by atoms with Crippen LogP contribution >= 0.6 is 0 Å². The predicted octanol–water partition coefficient (Wildman–Crippen LogP) is 7.00. The summed E-state index contributed by atoms with van der Waals surface area (Å²) in [6.45, 7) is 0. The molecule has 0 saturated heterocycles. The van der Waals surface area contributed by atoms with Crippen LogP contribution in [-0.2, 0) is 10.1 Å². The van der Waals surface area contributed by atoms with E-state index in [4.69, 9.17) is 0 Å². The molecule has 0 aliphatic heterocycles. The molecule has 0 aliphatic rings. The van der Waals surface area contributed by atoms with Crippen LogP contribution in [0.4, 0.5) is 22.7 Å². The first-order chi connectivity index (χ1) is 20.6. The summed E-state index contributed by atoms with van der Waals surface area (Å²) in [4.78, 5) is 23.0. The Morgan fingerprint density at radius 3 is 1.37 bits per heavy atom. The number of carboxylic acids is 2. The van der Waals surface area contributed by atoms with Crippen LogP contribution in [0.3, 0.4) is 0 Å². The van der Waals surface area contributed by atoms with Crippen molar-refractivity contribution in [1.82, 2.24) is 0 Å². The maximum atomic E-state index is 12.3. The molecule has 9 nitrogen and oxygen atoms in total. The molecule has 0 radical (unpaired) electrons. The van der Waals surface area contributed by atoms with Gasteiger partial charge in [-0.15, -0.1) is 0 Å². The predicted molar refractivity (Wildman–Crippen MR) is 163 cm³/mol. The third kappa shape index (κ3) is 6.56. The molecule has 0 unspecified atom stereocenters. The Bertz CT molecular complexity index is 1800. The smallest absolute Gasteiger partial charge is 0.337 e. The standard InChI is InChI=1S/C33H26N2O7S/c36-32(37)25-7-1-4-10-28(25)34-23-17-13-21(14-18-23)31(27-9-3-6-12-30(27)43(40,41)42)22-15-19-24(20-16-22)35-29-11-5-2-8-26(29)33(38)39/h1-20,31,34-35H,(H,36,37)(H,38,39)(H,40,41,42). The summed E-state index contributed by atoms with van der Waals surface area (Å²) in [7, 11) is -4.55. The van der Waals surface area contributed by atoms with Crippen molar-refractivity contribution in [2.45, 2.75) is 10.8 Å². The molecular weight excluding hydrogens is 568 g/mol. The Balaban J connectivity index is 1.52. The Hall–Kier alpha value is -5.45. The third-order valence-electron chi connectivity index (χ3n) is 6.87. The van der Waals surface area contributed by atoms with Crippen molar-refractivity contribution in [2.75, 3.05) is 10.6 Å². The van der Waals surface area contributed by atoms with Crippen LogP contribution in [0.1, 0.15) is 43.3 Å². The fraction of sp³-hybridized carbons (Fsp3) is 0.0303. The highest BCUT2D eigenvalue weighted by molar-refractivity contribution is 7.85. The number of hydrogen-bond acceptors (Lipinski definition) is 6. The van der Waals surface area contributed by atoms with E-state index < -0.39 is 28.0 Å². The minimum atomic E-state index is -4.55. The summed E-state index contributed by atoms with van der Waals surface area (Å²) >= 11 is 0. The molecule has 0 fully saturated rings. The molecule has 0 saturated carbocycles. The van der Waals surface area contributed by atoms with Crippen molar-refractivity contribution >= 4 is 44.8 Å². The largest absolute Gasteiger partial charge is 0.478 e. The number of para-hydroxylation sites is 2. The van der Waals surface area contributed by atoms with E-state index in [2.05, 4.69) is 10.6 Å². The number of nitrogens with one attached hydrogen (secondary N) is 2. The van der Waals surface area contributed by atoms with Gasteiger partial charge in [-0.05, 0) is 71.3 Å². The van der Waals surface area contributed by atoms with Gasteiger partial charge in [0.1, 0.15) is 0 Å². The van der Waals surface area contributed by atoms with Crippen LogP contribution < -0.4 is 10.6 Å². The first-order valence-corrected chi connectivity index (χ1v) is 14.5. The van der Waals surface area contributed by atoms with E-state index in [0.717, 1.165) is 0 Å². The van der Waals surface area contributed by atoms with Crippen molar-refractivity contribution in [2.24, 2.45) is 0 Å². The van der Waals surface area contributed by atoms with E-state index in [-0.39, 0.29) is 16.0 Å². The molecule has 0 atom stereocenters. The van der Waals surface area contributed by atoms with Crippen LogP contribution in [0, 0.1) is 0 Å². The van der Waals surface area contributed by atoms with Crippen molar-refractivity contribution in [1.29, 1.82) is 0 Å². The first-order valence-electron chi connectivity index (χ1n) is 13.1. The van der Waals surface area contributed by atoms with E-state index in [1.54, 1.807) is 97.1 Å². The summed E-state index contributed by atoms with van der Waals surface area (Å²) < 4.78 is 34.7. The van der Waals surface area contributed by atoms with Crippen molar-refractivity contribution < 1.29 is 32.8 Å². The minimum Gasteiger partial charge on any atom is -0.478 e. The van der Waals surface area contributed by atoms with Gasteiger partial charge in [-0.2, -0.15) is 8.42 Å². The highest BCUT2D eigenvalue weighted by atomic mass is 32.2. The molecule has 216 valence electrons. The molecule has 0 heterocycles. The number of rotatable bonds is 10. The van der Waals surface area contributed by atoms with Crippen LogP contribution in [0.2, 0.25) is 0 Å². The molecule has 0 spiro atoms. The molecule has 0 aliphatic carbocycles. The van der Waals surface area contributed by atoms with Gasteiger partial charge in [0.15, 0.2) is 0 Å². The molecule has 5 aromatic carbocycles. The van der Waals surface area contributed by atoms with Crippen molar-refractivity contribution in [3.63, 3.8) is 0 Å². The second kappa shape index (κ2) is 12.2. The SMILES string of the molecule is O=C(O)c1ccccc1Nc1ccc(C(c2ccc(Nc3ccccc3C(=O)O)cc2)c2ccccc2S(=O)(=O)O)cc1. The molecule has 0 aromatic heterocycles. The van der Waals surface area contributed by atoms with Gasteiger partial charge in [0.05, 0.1) is 27.4 Å². The average Bonchev–Trinajstić information content (AvgIpc) is 2.99. The number of carbonyl (C=O) groups is 2.